The van der Waals surface area contributed by atoms with Gasteiger partial charge in [-0.1, -0.05) is 18.5 Å². The van der Waals surface area contributed by atoms with Crippen LogP contribution in [0.3, 0.4) is 0 Å². The second-order valence-corrected chi connectivity index (χ2v) is 7.52. The van der Waals surface area contributed by atoms with Gasteiger partial charge in [0, 0.05) is 30.5 Å². The molecule has 0 saturated heterocycles. The average molecular weight is 412 g/mol. The first kappa shape index (κ1) is 18.1. The Morgan fingerprint density at radius 1 is 1.22 bits per heavy atom. The van der Waals surface area contributed by atoms with E-state index in [0.717, 1.165) is 23.0 Å². The smallest absolute Gasteiger partial charge is 0.310 e. The summed E-state index contributed by atoms with van der Waals surface area (Å²) in [4.78, 5) is 13.0. The molecule has 0 fully saturated rings. The zero-order valence-corrected chi connectivity index (χ0v) is 15.8. The van der Waals surface area contributed by atoms with E-state index in [1.807, 2.05) is 17.5 Å². The summed E-state index contributed by atoms with van der Waals surface area (Å²) >= 11 is 7.63. The Hall–Kier alpha value is -2.26. The number of pyridine rings is 2. The number of nitrogens with zero attached hydrogens (tertiary/aromatic N) is 5. The Bertz CT molecular complexity index is 1160. The first-order valence-corrected chi connectivity index (χ1v) is 9.36. The molecule has 0 aromatic carbocycles. The molecule has 10 heteroatoms. The monoisotopic (exact) mass is 411 g/mol. The fourth-order valence-corrected chi connectivity index (χ4v) is 3.86. The number of aryl methyl sites for hydroxylation is 1. The molecular weight excluding hydrogens is 399 g/mol. The highest BCUT2D eigenvalue weighted by molar-refractivity contribution is 7.99. The highest BCUT2D eigenvalue weighted by Gasteiger charge is 2.32. The molecular formula is C17H13ClF3N5S. The van der Waals surface area contributed by atoms with Gasteiger partial charge in [-0.15, -0.1) is 11.8 Å². The molecule has 0 bridgehead atoms. The van der Waals surface area contributed by atoms with Crippen LogP contribution < -0.4 is 0 Å². The van der Waals surface area contributed by atoms with Crippen molar-refractivity contribution in [1.29, 1.82) is 0 Å². The summed E-state index contributed by atoms with van der Waals surface area (Å²) in [6.07, 6.45) is -1.84. The Kier molecular flexibility index (Phi) is 4.31. The Balaban J connectivity index is 1.96. The lowest BCUT2D eigenvalue weighted by Gasteiger charge is -2.05. The fourth-order valence-electron chi connectivity index (χ4n) is 2.86. The van der Waals surface area contributed by atoms with E-state index in [-0.39, 0.29) is 5.52 Å². The van der Waals surface area contributed by atoms with Crippen molar-refractivity contribution < 1.29 is 13.2 Å². The van der Waals surface area contributed by atoms with Crippen LogP contribution in [0.15, 0.2) is 35.6 Å². The first-order valence-electron chi connectivity index (χ1n) is 8.00. The van der Waals surface area contributed by atoms with Gasteiger partial charge in [-0.2, -0.15) is 13.2 Å². The minimum absolute atomic E-state index is 0.171. The van der Waals surface area contributed by atoms with Crippen LogP contribution in [0, 0.1) is 0 Å². The largest absolute Gasteiger partial charge is 0.417 e. The summed E-state index contributed by atoms with van der Waals surface area (Å²) in [5.74, 6) is 1.25. The minimum Gasteiger partial charge on any atom is -0.310 e. The van der Waals surface area contributed by atoms with E-state index in [0.29, 0.717) is 27.8 Å². The predicted octanol–water partition coefficient (Wildman–Crippen LogP) is 5.07. The molecule has 0 amide bonds. The SMILES string of the molecule is CCSc1c(-c2nc3cc(C(F)(F)F)cnc3n2C)nc2cc(Cl)ccn12. The van der Waals surface area contributed by atoms with Crippen LogP contribution in [0.25, 0.3) is 28.3 Å². The molecule has 140 valence electrons. The summed E-state index contributed by atoms with van der Waals surface area (Å²) in [5, 5.41) is 1.40. The number of thioether (sulfide) groups is 1. The quantitative estimate of drug-likeness (QED) is 0.442. The van der Waals surface area contributed by atoms with E-state index in [1.165, 1.54) is 0 Å². The molecule has 4 rings (SSSR count). The number of rotatable bonds is 3. The average Bonchev–Trinajstić information content (AvgIpc) is 3.12. The van der Waals surface area contributed by atoms with Gasteiger partial charge < -0.3 is 4.57 Å². The van der Waals surface area contributed by atoms with Gasteiger partial charge in [0.1, 0.15) is 21.9 Å². The lowest BCUT2D eigenvalue weighted by Crippen LogP contribution is -2.05. The van der Waals surface area contributed by atoms with Crippen molar-refractivity contribution in [3.63, 3.8) is 0 Å². The number of aromatic nitrogens is 5. The lowest BCUT2D eigenvalue weighted by atomic mass is 10.2. The standard InChI is InChI=1S/C17H13ClF3N5S/c1-3-27-16-13(24-12-7-10(18)4-5-26(12)16)15-23-11-6-9(17(19,20)21)8-22-14(11)25(15)2/h4-8H,3H2,1-2H3. The second-order valence-electron chi connectivity index (χ2n) is 5.83. The number of hydrogen-bond donors (Lipinski definition) is 0. The van der Waals surface area contributed by atoms with E-state index >= 15 is 0 Å². The normalized spacial score (nSPS) is 12.4. The van der Waals surface area contributed by atoms with E-state index in [9.17, 15) is 13.2 Å². The molecule has 4 heterocycles. The molecule has 4 aromatic heterocycles. The third-order valence-corrected chi connectivity index (χ3v) is 5.26. The van der Waals surface area contributed by atoms with E-state index in [1.54, 1.807) is 35.5 Å². The molecule has 0 spiro atoms. The summed E-state index contributed by atoms with van der Waals surface area (Å²) in [5.41, 5.74) is 0.928. The molecule has 4 aromatic rings. The number of fused-ring (bicyclic) bond motifs is 2. The predicted molar refractivity (Wildman–Crippen MR) is 99.1 cm³/mol. The summed E-state index contributed by atoms with van der Waals surface area (Å²) in [6, 6.07) is 4.49. The van der Waals surface area contributed by atoms with Crippen molar-refractivity contribution in [3.05, 3.63) is 41.2 Å². The van der Waals surface area contributed by atoms with Gasteiger partial charge in [-0.05, 0) is 17.9 Å². The van der Waals surface area contributed by atoms with E-state index in [2.05, 4.69) is 15.0 Å². The fraction of sp³-hybridized carbons (Fsp3) is 0.235. The van der Waals surface area contributed by atoms with Crippen molar-refractivity contribution in [2.75, 3.05) is 5.75 Å². The van der Waals surface area contributed by atoms with Crippen molar-refractivity contribution in [2.45, 2.75) is 18.1 Å². The molecule has 5 nitrogen and oxygen atoms in total. The maximum absolute atomic E-state index is 13.0. The molecule has 0 atom stereocenters. The highest BCUT2D eigenvalue weighted by atomic mass is 35.5. The number of hydrogen-bond acceptors (Lipinski definition) is 4. The van der Waals surface area contributed by atoms with Crippen LogP contribution in [-0.2, 0) is 13.2 Å². The van der Waals surface area contributed by atoms with Crippen LogP contribution in [0.5, 0.6) is 0 Å². The Labute approximate surface area is 161 Å². The van der Waals surface area contributed by atoms with Gasteiger partial charge in [0.25, 0.3) is 0 Å². The molecule has 0 aliphatic heterocycles. The van der Waals surface area contributed by atoms with Gasteiger partial charge in [-0.25, -0.2) is 15.0 Å². The lowest BCUT2D eigenvalue weighted by molar-refractivity contribution is -0.137. The molecule has 27 heavy (non-hydrogen) atoms. The van der Waals surface area contributed by atoms with Gasteiger partial charge >= 0.3 is 6.18 Å². The topological polar surface area (TPSA) is 48.0 Å². The van der Waals surface area contributed by atoms with Gasteiger partial charge in [0.05, 0.1) is 5.56 Å². The van der Waals surface area contributed by atoms with Crippen molar-refractivity contribution in [1.82, 2.24) is 23.9 Å². The van der Waals surface area contributed by atoms with Crippen LogP contribution in [0.4, 0.5) is 13.2 Å². The van der Waals surface area contributed by atoms with Crippen molar-refractivity contribution >= 4 is 40.2 Å². The maximum Gasteiger partial charge on any atom is 0.417 e. The summed E-state index contributed by atoms with van der Waals surface area (Å²) in [7, 11) is 1.71. The molecule has 0 radical (unpaired) electrons. The van der Waals surface area contributed by atoms with Gasteiger partial charge in [0.2, 0.25) is 0 Å². The van der Waals surface area contributed by atoms with Crippen LogP contribution in [0.1, 0.15) is 12.5 Å². The van der Waals surface area contributed by atoms with Crippen LogP contribution in [-0.4, -0.2) is 29.7 Å². The zero-order chi connectivity index (χ0) is 19.3. The second kappa shape index (κ2) is 6.42. The summed E-state index contributed by atoms with van der Waals surface area (Å²) < 4.78 is 42.5. The Morgan fingerprint density at radius 3 is 2.70 bits per heavy atom. The molecule has 0 N–H and O–H groups in total. The van der Waals surface area contributed by atoms with Crippen LogP contribution in [0.2, 0.25) is 5.02 Å². The number of halogens is 4. The Morgan fingerprint density at radius 2 is 2.00 bits per heavy atom. The third-order valence-electron chi connectivity index (χ3n) is 4.07. The van der Waals surface area contributed by atoms with Crippen LogP contribution >= 0.6 is 23.4 Å². The van der Waals surface area contributed by atoms with Crippen molar-refractivity contribution in [3.8, 4) is 11.5 Å². The molecule has 0 aliphatic rings. The molecule has 0 saturated carbocycles. The maximum atomic E-state index is 13.0. The molecule has 0 aliphatic carbocycles. The minimum atomic E-state index is -4.47. The number of imidazole rings is 2. The van der Waals surface area contributed by atoms with Gasteiger partial charge in [0.15, 0.2) is 11.5 Å². The summed E-state index contributed by atoms with van der Waals surface area (Å²) in [6.45, 7) is 2.01. The van der Waals surface area contributed by atoms with Gasteiger partial charge in [-0.3, -0.25) is 4.40 Å². The highest BCUT2D eigenvalue weighted by Crippen LogP contribution is 2.35. The molecule has 0 unspecified atom stereocenters. The first-order chi connectivity index (χ1) is 12.8. The zero-order valence-electron chi connectivity index (χ0n) is 14.3. The van der Waals surface area contributed by atoms with E-state index < -0.39 is 11.7 Å². The third kappa shape index (κ3) is 3.04. The van der Waals surface area contributed by atoms with Crippen molar-refractivity contribution in [2.24, 2.45) is 7.05 Å². The van der Waals surface area contributed by atoms with E-state index in [4.69, 9.17) is 11.6 Å². The number of alkyl halides is 3.